The Labute approximate surface area is 161 Å². The molecule has 0 bridgehead atoms. The van der Waals surface area contributed by atoms with Crippen molar-refractivity contribution in [2.75, 3.05) is 10.2 Å². The number of aromatic nitrogens is 2. The molecular formula is C23H26N4. The lowest BCUT2D eigenvalue weighted by molar-refractivity contribution is 0.586. The highest BCUT2D eigenvalue weighted by molar-refractivity contribution is 5.49. The van der Waals surface area contributed by atoms with Crippen molar-refractivity contribution < 1.29 is 0 Å². The van der Waals surface area contributed by atoms with E-state index in [0.29, 0.717) is 12.0 Å². The van der Waals surface area contributed by atoms with Crippen LogP contribution in [0.1, 0.15) is 36.2 Å². The monoisotopic (exact) mass is 358 g/mol. The average Bonchev–Trinajstić information content (AvgIpc) is 2.72. The molecule has 1 atom stereocenters. The molecule has 0 saturated carbocycles. The number of benzene rings is 2. The van der Waals surface area contributed by atoms with E-state index in [-0.39, 0.29) is 0 Å². The molecule has 0 amide bonds. The van der Waals surface area contributed by atoms with Crippen LogP contribution in [0.15, 0.2) is 60.7 Å². The molecule has 0 fully saturated rings. The lowest BCUT2D eigenvalue weighted by atomic mass is 9.95. The number of hydrogen-bond donors (Lipinski definition) is 1. The van der Waals surface area contributed by atoms with E-state index in [9.17, 15) is 0 Å². The maximum atomic E-state index is 4.85. The summed E-state index contributed by atoms with van der Waals surface area (Å²) in [5.41, 5.74) is 5.14. The highest BCUT2D eigenvalue weighted by Gasteiger charge is 2.24. The summed E-state index contributed by atoms with van der Waals surface area (Å²) in [5, 5.41) is 3.40. The summed E-state index contributed by atoms with van der Waals surface area (Å²) in [6, 6.07) is 21.6. The first-order valence-electron chi connectivity index (χ1n) is 9.72. The van der Waals surface area contributed by atoms with Crippen molar-refractivity contribution in [3.05, 3.63) is 83.0 Å². The summed E-state index contributed by atoms with van der Waals surface area (Å²) >= 11 is 0. The third-order valence-corrected chi connectivity index (χ3v) is 5.22. The Morgan fingerprint density at radius 2 is 1.74 bits per heavy atom. The van der Waals surface area contributed by atoms with E-state index >= 15 is 0 Å². The first kappa shape index (κ1) is 17.5. The maximum Gasteiger partial charge on any atom is 0.225 e. The van der Waals surface area contributed by atoms with Gasteiger partial charge in [-0.3, -0.25) is 0 Å². The van der Waals surface area contributed by atoms with Crippen molar-refractivity contribution in [2.24, 2.45) is 0 Å². The van der Waals surface area contributed by atoms with Gasteiger partial charge in [0.25, 0.3) is 0 Å². The van der Waals surface area contributed by atoms with Gasteiger partial charge in [-0.1, -0.05) is 61.5 Å². The number of anilines is 2. The van der Waals surface area contributed by atoms with Gasteiger partial charge < -0.3 is 10.2 Å². The van der Waals surface area contributed by atoms with Crippen LogP contribution in [-0.2, 0) is 25.9 Å². The summed E-state index contributed by atoms with van der Waals surface area (Å²) < 4.78 is 0. The number of nitrogens with zero attached hydrogens (tertiary/aromatic N) is 3. The fraction of sp³-hybridized carbons (Fsp3) is 0.304. The minimum atomic E-state index is 0.418. The molecule has 27 heavy (non-hydrogen) atoms. The molecule has 4 rings (SSSR count). The summed E-state index contributed by atoms with van der Waals surface area (Å²) in [4.78, 5) is 11.9. The van der Waals surface area contributed by atoms with E-state index in [1.165, 1.54) is 16.7 Å². The Bertz CT molecular complexity index is 907. The summed E-state index contributed by atoms with van der Waals surface area (Å²) in [5.74, 6) is 1.72. The largest absolute Gasteiger partial charge is 0.350 e. The molecule has 1 N–H and O–H groups in total. The quantitative estimate of drug-likeness (QED) is 0.723. The van der Waals surface area contributed by atoms with Crippen LogP contribution in [-0.4, -0.2) is 16.0 Å². The highest BCUT2D eigenvalue weighted by Crippen LogP contribution is 2.28. The van der Waals surface area contributed by atoms with Gasteiger partial charge in [0.15, 0.2) is 0 Å². The van der Waals surface area contributed by atoms with Gasteiger partial charge in [0.05, 0.1) is 0 Å². The lowest BCUT2D eigenvalue weighted by Crippen LogP contribution is -2.39. The predicted molar refractivity (Wildman–Crippen MR) is 111 cm³/mol. The Balaban J connectivity index is 1.59. The molecule has 0 saturated heterocycles. The van der Waals surface area contributed by atoms with Crippen molar-refractivity contribution in [3.8, 4) is 0 Å². The van der Waals surface area contributed by atoms with E-state index in [1.54, 1.807) is 0 Å². The average molecular weight is 358 g/mol. The Morgan fingerprint density at radius 3 is 2.52 bits per heavy atom. The molecule has 138 valence electrons. The normalized spacial score (nSPS) is 16.1. The third kappa shape index (κ3) is 3.95. The van der Waals surface area contributed by atoms with Crippen molar-refractivity contribution >= 4 is 11.8 Å². The van der Waals surface area contributed by atoms with Gasteiger partial charge in [-0.2, -0.15) is 4.98 Å². The smallest absolute Gasteiger partial charge is 0.225 e. The van der Waals surface area contributed by atoms with Gasteiger partial charge in [-0.05, 0) is 36.5 Å². The number of hydrogen-bond acceptors (Lipinski definition) is 4. The topological polar surface area (TPSA) is 41.1 Å². The zero-order valence-corrected chi connectivity index (χ0v) is 16.0. The molecule has 2 aromatic carbocycles. The molecule has 0 aliphatic carbocycles. The van der Waals surface area contributed by atoms with Crippen molar-refractivity contribution in [1.29, 1.82) is 0 Å². The molecule has 1 aliphatic heterocycles. The van der Waals surface area contributed by atoms with Gasteiger partial charge in [-0.25, -0.2) is 4.98 Å². The zero-order chi connectivity index (χ0) is 18.6. The number of nitrogens with one attached hydrogen (secondary N) is 1. The summed E-state index contributed by atoms with van der Waals surface area (Å²) in [6.07, 6.45) is 1.95. The second kappa shape index (κ2) is 7.78. The van der Waals surface area contributed by atoms with Gasteiger partial charge >= 0.3 is 0 Å². The molecule has 0 spiro atoms. The van der Waals surface area contributed by atoms with Crippen LogP contribution in [0.25, 0.3) is 0 Å². The van der Waals surface area contributed by atoms with Gasteiger partial charge in [-0.15, -0.1) is 0 Å². The summed E-state index contributed by atoms with van der Waals surface area (Å²) in [6.45, 7) is 6.05. The van der Waals surface area contributed by atoms with Crippen LogP contribution in [0.2, 0.25) is 0 Å². The maximum absolute atomic E-state index is 4.85. The number of aryl methyl sites for hydroxylation is 1. The molecule has 1 aromatic heterocycles. The zero-order valence-electron chi connectivity index (χ0n) is 16.0. The second-order valence-corrected chi connectivity index (χ2v) is 7.18. The van der Waals surface area contributed by atoms with Crippen molar-refractivity contribution in [1.82, 2.24) is 9.97 Å². The fourth-order valence-electron chi connectivity index (χ4n) is 3.65. The molecule has 0 radical (unpaired) electrons. The van der Waals surface area contributed by atoms with Crippen LogP contribution >= 0.6 is 0 Å². The Morgan fingerprint density at radius 1 is 1.00 bits per heavy atom. The first-order valence-corrected chi connectivity index (χ1v) is 9.72. The molecule has 1 aliphatic rings. The lowest BCUT2D eigenvalue weighted by Gasteiger charge is -2.36. The van der Waals surface area contributed by atoms with Gasteiger partial charge in [0.2, 0.25) is 5.95 Å². The predicted octanol–water partition coefficient (Wildman–Crippen LogP) is 4.60. The number of rotatable bonds is 5. The number of fused-ring (bicyclic) bond motifs is 1. The van der Waals surface area contributed by atoms with Crippen molar-refractivity contribution in [3.63, 3.8) is 0 Å². The van der Waals surface area contributed by atoms with Crippen LogP contribution in [0, 0.1) is 0 Å². The minimum Gasteiger partial charge on any atom is -0.350 e. The molecule has 0 unspecified atom stereocenters. The molecular weight excluding hydrogens is 332 g/mol. The SMILES string of the molecule is CCc1cc(N2Cc3ccccc3C[C@H]2C)nc(NCc2ccccc2)n1. The molecule has 4 heteroatoms. The van der Waals surface area contributed by atoms with E-state index in [2.05, 4.69) is 83.6 Å². The van der Waals surface area contributed by atoms with Gasteiger partial charge in [0.1, 0.15) is 5.82 Å². The third-order valence-electron chi connectivity index (χ3n) is 5.22. The van der Waals surface area contributed by atoms with Crippen LogP contribution in [0.3, 0.4) is 0 Å². The molecule has 4 nitrogen and oxygen atoms in total. The van der Waals surface area contributed by atoms with Crippen molar-refractivity contribution in [2.45, 2.75) is 45.8 Å². The van der Waals surface area contributed by atoms with E-state index in [1.807, 2.05) is 6.07 Å². The van der Waals surface area contributed by atoms with Crippen LogP contribution in [0.4, 0.5) is 11.8 Å². The second-order valence-electron chi connectivity index (χ2n) is 7.18. The summed E-state index contributed by atoms with van der Waals surface area (Å²) in [7, 11) is 0. The van der Waals surface area contributed by atoms with E-state index < -0.39 is 0 Å². The molecule has 3 aromatic rings. The van der Waals surface area contributed by atoms with Crippen LogP contribution < -0.4 is 10.2 Å². The van der Waals surface area contributed by atoms with E-state index in [4.69, 9.17) is 4.98 Å². The molecule has 2 heterocycles. The van der Waals surface area contributed by atoms with Crippen LogP contribution in [0.5, 0.6) is 0 Å². The Kier molecular flexibility index (Phi) is 5.05. The van der Waals surface area contributed by atoms with Gasteiger partial charge in [0, 0.05) is 30.9 Å². The standard InChI is InChI=1S/C23H26N4/c1-3-21-14-22(26-23(25-21)24-15-18-9-5-4-6-10-18)27-16-20-12-8-7-11-19(20)13-17(27)2/h4-12,14,17H,3,13,15-16H2,1-2H3,(H,24,25,26)/t17-/m1/s1. The minimum absolute atomic E-state index is 0.418. The highest BCUT2D eigenvalue weighted by atomic mass is 15.2. The fourth-order valence-corrected chi connectivity index (χ4v) is 3.65. The van der Waals surface area contributed by atoms with E-state index in [0.717, 1.165) is 37.4 Å². The first-order chi connectivity index (χ1) is 13.2. The Hall–Kier alpha value is -2.88.